The Morgan fingerprint density at radius 1 is 1.38 bits per heavy atom. The molecule has 0 saturated heterocycles. The summed E-state index contributed by atoms with van der Waals surface area (Å²) in [5.74, 6) is 1.18. The molecule has 2 aromatic heterocycles. The normalized spacial score (nSPS) is 13.8. The van der Waals surface area contributed by atoms with E-state index in [0.717, 1.165) is 44.4 Å². The van der Waals surface area contributed by atoms with Gasteiger partial charge in [-0.3, -0.25) is 9.36 Å². The third-order valence-corrected chi connectivity index (χ3v) is 6.42. The second-order valence-electron chi connectivity index (χ2n) is 6.18. The third kappa shape index (κ3) is 3.87. The van der Waals surface area contributed by atoms with Crippen LogP contribution in [0.1, 0.15) is 24.4 Å². The number of rotatable bonds is 6. The van der Waals surface area contributed by atoms with Crippen molar-refractivity contribution in [3.8, 4) is 10.7 Å². The van der Waals surface area contributed by atoms with Gasteiger partial charge in [0.05, 0.1) is 10.6 Å². The summed E-state index contributed by atoms with van der Waals surface area (Å²) >= 11 is 6.54. The van der Waals surface area contributed by atoms with Crippen molar-refractivity contribution in [1.82, 2.24) is 14.8 Å². The van der Waals surface area contributed by atoms with Gasteiger partial charge in [-0.25, -0.2) is 0 Å². The van der Waals surface area contributed by atoms with E-state index in [2.05, 4.69) is 42.1 Å². The summed E-state index contributed by atoms with van der Waals surface area (Å²) in [5, 5.41) is 14.5. The highest BCUT2D eigenvalue weighted by molar-refractivity contribution is 9.10. The summed E-state index contributed by atoms with van der Waals surface area (Å²) in [5.41, 5.74) is 1.86. The number of nitrogens with one attached hydrogen (secondary N) is 1. The van der Waals surface area contributed by atoms with Crippen molar-refractivity contribution in [3.63, 3.8) is 0 Å². The van der Waals surface area contributed by atoms with Gasteiger partial charge < -0.3 is 5.32 Å². The van der Waals surface area contributed by atoms with Gasteiger partial charge in [0.1, 0.15) is 0 Å². The predicted octanol–water partition coefficient (Wildman–Crippen LogP) is 5.14. The third-order valence-electron chi connectivity index (χ3n) is 4.11. The average molecular weight is 449 g/mol. The Bertz CT molecular complexity index is 935. The van der Waals surface area contributed by atoms with Gasteiger partial charge in [-0.2, -0.15) is 0 Å². The fourth-order valence-corrected chi connectivity index (χ4v) is 4.68. The maximum atomic E-state index is 12.4. The first kappa shape index (κ1) is 17.8. The first-order chi connectivity index (χ1) is 12.6. The Balaban J connectivity index is 1.45. The van der Waals surface area contributed by atoms with Crippen LogP contribution in [-0.4, -0.2) is 26.4 Å². The number of aryl methyl sites for hydroxylation is 1. The van der Waals surface area contributed by atoms with Gasteiger partial charge in [0.15, 0.2) is 11.0 Å². The summed E-state index contributed by atoms with van der Waals surface area (Å²) in [6.07, 6.45) is 2.29. The number of carbonyl (C=O) groups is 1. The highest BCUT2D eigenvalue weighted by atomic mass is 79.9. The number of amides is 1. The quantitative estimate of drug-likeness (QED) is 0.530. The van der Waals surface area contributed by atoms with Gasteiger partial charge in [0, 0.05) is 16.2 Å². The second-order valence-corrected chi connectivity index (χ2v) is 8.99. The molecule has 0 unspecified atom stereocenters. The largest absolute Gasteiger partial charge is 0.325 e. The number of nitrogens with zero attached hydrogens (tertiary/aromatic N) is 3. The summed E-state index contributed by atoms with van der Waals surface area (Å²) in [6, 6.07) is 10.4. The van der Waals surface area contributed by atoms with Crippen molar-refractivity contribution in [1.29, 1.82) is 0 Å². The van der Waals surface area contributed by atoms with Crippen LogP contribution in [0.3, 0.4) is 0 Å². The molecule has 1 fully saturated rings. The Hall–Kier alpha value is -1.64. The fraction of sp³-hybridized carbons (Fsp3) is 0.278. The molecule has 134 valence electrons. The highest BCUT2D eigenvalue weighted by Gasteiger charge is 2.30. The number of anilines is 1. The molecule has 0 aliphatic heterocycles. The van der Waals surface area contributed by atoms with Gasteiger partial charge in [-0.1, -0.05) is 33.8 Å². The molecule has 1 N–H and O–H groups in total. The van der Waals surface area contributed by atoms with E-state index in [-0.39, 0.29) is 5.91 Å². The van der Waals surface area contributed by atoms with Crippen LogP contribution in [0.4, 0.5) is 5.69 Å². The van der Waals surface area contributed by atoms with Crippen molar-refractivity contribution in [2.75, 3.05) is 11.1 Å². The number of thioether (sulfide) groups is 1. The Kier molecular flexibility index (Phi) is 5.15. The summed E-state index contributed by atoms with van der Waals surface area (Å²) in [4.78, 5) is 13.5. The van der Waals surface area contributed by atoms with Crippen molar-refractivity contribution in [3.05, 3.63) is 45.7 Å². The van der Waals surface area contributed by atoms with Gasteiger partial charge in [-0.15, -0.1) is 21.5 Å². The molecule has 2 heterocycles. The molecule has 3 aromatic rings. The van der Waals surface area contributed by atoms with Gasteiger partial charge in [0.25, 0.3) is 0 Å². The maximum Gasteiger partial charge on any atom is 0.234 e. The predicted molar refractivity (Wildman–Crippen MR) is 110 cm³/mol. The molecule has 1 saturated carbocycles. The summed E-state index contributed by atoms with van der Waals surface area (Å²) in [6.45, 7) is 1.98. The highest BCUT2D eigenvalue weighted by Crippen LogP contribution is 2.41. The molecule has 1 aromatic carbocycles. The number of hydrogen-bond donors (Lipinski definition) is 1. The van der Waals surface area contributed by atoms with Crippen molar-refractivity contribution in [2.24, 2.45) is 0 Å². The lowest BCUT2D eigenvalue weighted by Gasteiger charge is -2.10. The monoisotopic (exact) mass is 448 g/mol. The first-order valence-corrected chi connectivity index (χ1v) is 11.0. The molecule has 5 nitrogen and oxygen atoms in total. The molecule has 26 heavy (non-hydrogen) atoms. The van der Waals surface area contributed by atoms with E-state index in [9.17, 15) is 4.79 Å². The molecule has 1 aliphatic carbocycles. The summed E-state index contributed by atoms with van der Waals surface area (Å²) in [7, 11) is 0. The number of aromatic nitrogens is 3. The number of thiophene rings is 1. The lowest BCUT2D eigenvalue weighted by Crippen LogP contribution is -2.15. The molecule has 1 aliphatic rings. The van der Waals surface area contributed by atoms with Crippen LogP contribution in [0.25, 0.3) is 10.7 Å². The van der Waals surface area contributed by atoms with E-state index in [0.29, 0.717) is 11.8 Å². The smallest absolute Gasteiger partial charge is 0.234 e. The molecule has 4 rings (SSSR count). The lowest BCUT2D eigenvalue weighted by molar-refractivity contribution is -0.113. The topological polar surface area (TPSA) is 59.8 Å². The minimum Gasteiger partial charge on any atom is -0.325 e. The molecule has 8 heteroatoms. The standard InChI is InChI=1S/C18H17BrN4OS2/c1-11-9-12(19)4-7-14(11)20-16(24)10-26-18-22-21-17(15-3-2-8-25-15)23(18)13-5-6-13/h2-4,7-9,13H,5-6,10H2,1H3,(H,20,24). The molecule has 0 spiro atoms. The number of carbonyl (C=O) groups excluding carboxylic acids is 1. The van der Waals surface area contributed by atoms with E-state index >= 15 is 0 Å². The average Bonchev–Trinajstić information content (AvgIpc) is 3.14. The number of benzene rings is 1. The SMILES string of the molecule is Cc1cc(Br)ccc1NC(=O)CSc1nnc(-c2cccs2)n1C1CC1. The van der Waals surface area contributed by atoms with E-state index in [4.69, 9.17) is 0 Å². The summed E-state index contributed by atoms with van der Waals surface area (Å²) < 4.78 is 3.19. The zero-order chi connectivity index (χ0) is 18.1. The molecule has 0 atom stereocenters. The van der Waals surface area contributed by atoms with Crippen LogP contribution in [0.15, 0.2) is 45.3 Å². The Morgan fingerprint density at radius 3 is 2.92 bits per heavy atom. The second kappa shape index (κ2) is 7.54. The molecule has 1 amide bonds. The van der Waals surface area contributed by atoms with Crippen LogP contribution in [0.5, 0.6) is 0 Å². The van der Waals surface area contributed by atoms with Gasteiger partial charge in [0.2, 0.25) is 5.91 Å². The van der Waals surface area contributed by atoms with Crippen LogP contribution in [0.2, 0.25) is 0 Å². The first-order valence-electron chi connectivity index (χ1n) is 8.29. The Morgan fingerprint density at radius 2 is 2.23 bits per heavy atom. The molecular weight excluding hydrogens is 432 g/mol. The molecule has 0 bridgehead atoms. The van der Waals surface area contributed by atoms with Crippen LogP contribution >= 0.6 is 39.0 Å². The van der Waals surface area contributed by atoms with Crippen molar-refractivity contribution < 1.29 is 4.79 Å². The number of halogens is 1. The van der Waals surface area contributed by atoms with Gasteiger partial charge in [-0.05, 0) is 55.0 Å². The van der Waals surface area contributed by atoms with Crippen LogP contribution in [-0.2, 0) is 4.79 Å². The van der Waals surface area contributed by atoms with E-state index in [1.807, 2.05) is 36.6 Å². The zero-order valence-electron chi connectivity index (χ0n) is 14.1. The minimum atomic E-state index is -0.0385. The fourth-order valence-electron chi connectivity index (χ4n) is 2.69. The number of hydrogen-bond acceptors (Lipinski definition) is 5. The van der Waals surface area contributed by atoms with Crippen molar-refractivity contribution >= 4 is 50.6 Å². The van der Waals surface area contributed by atoms with E-state index in [1.165, 1.54) is 11.8 Å². The van der Waals surface area contributed by atoms with E-state index in [1.54, 1.807) is 11.3 Å². The molecular formula is C18H17BrN4OS2. The minimum absolute atomic E-state index is 0.0385. The molecule has 0 radical (unpaired) electrons. The van der Waals surface area contributed by atoms with Crippen molar-refractivity contribution in [2.45, 2.75) is 31.0 Å². The maximum absolute atomic E-state index is 12.4. The Labute approximate surface area is 168 Å². The van der Waals surface area contributed by atoms with Crippen LogP contribution < -0.4 is 5.32 Å². The van der Waals surface area contributed by atoms with E-state index < -0.39 is 0 Å². The zero-order valence-corrected chi connectivity index (χ0v) is 17.3. The van der Waals surface area contributed by atoms with Gasteiger partial charge >= 0.3 is 0 Å². The van der Waals surface area contributed by atoms with Crippen LogP contribution in [0, 0.1) is 6.92 Å². The lowest BCUT2D eigenvalue weighted by atomic mass is 10.2.